The van der Waals surface area contributed by atoms with E-state index < -0.39 is 9.85 Å². The van der Waals surface area contributed by atoms with Crippen molar-refractivity contribution in [2.75, 3.05) is 6.54 Å². The molecule has 0 aliphatic rings. The first-order chi connectivity index (χ1) is 7.06. The van der Waals surface area contributed by atoms with E-state index in [9.17, 15) is 20.2 Å². The molecule has 7 nitrogen and oxygen atoms in total. The van der Waals surface area contributed by atoms with Gasteiger partial charge in [-0.05, 0) is 19.0 Å². The van der Waals surface area contributed by atoms with E-state index in [1.165, 1.54) is 12.1 Å². The van der Waals surface area contributed by atoms with Crippen molar-refractivity contribution < 1.29 is 9.85 Å². The zero-order valence-corrected chi connectivity index (χ0v) is 8.98. The highest BCUT2D eigenvalue weighted by molar-refractivity contribution is 5.85. The first kappa shape index (κ1) is 14.3. The molecule has 88 valence electrons. The van der Waals surface area contributed by atoms with Crippen LogP contribution in [-0.2, 0) is 6.42 Å². The van der Waals surface area contributed by atoms with Gasteiger partial charge in [0.05, 0.1) is 15.9 Å². The summed E-state index contributed by atoms with van der Waals surface area (Å²) in [7, 11) is 0. The Kier molecular flexibility index (Phi) is 5.34. The summed E-state index contributed by atoms with van der Waals surface area (Å²) in [6.07, 6.45) is 0.328. The normalized spacial score (nSPS) is 9.31. The van der Waals surface area contributed by atoms with Crippen LogP contribution in [0.25, 0.3) is 0 Å². The van der Waals surface area contributed by atoms with E-state index in [4.69, 9.17) is 5.73 Å². The van der Waals surface area contributed by atoms with Crippen LogP contribution in [0.2, 0.25) is 0 Å². The zero-order chi connectivity index (χ0) is 11.4. The predicted octanol–water partition coefficient (Wildman–Crippen LogP) is 1.43. The van der Waals surface area contributed by atoms with Gasteiger partial charge in [-0.25, -0.2) is 0 Å². The van der Waals surface area contributed by atoms with Gasteiger partial charge in [0.1, 0.15) is 0 Å². The lowest BCUT2D eigenvalue weighted by molar-refractivity contribution is -0.394. The summed E-state index contributed by atoms with van der Waals surface area (Å²) in [6, 6.07) is 3.55. The van der Waals surface area contributed by atoms with E-state index in [2.05, 4.69) is 0 Å². The molecule has 0 spiro atoms. The van der Waals surface area contributed by atoms with E-state index in [1.54, 1.807) is 0 Å². The maximum atomic E-state index is 10.6. The number of nitrogens with zero attached hydrogens (tertiary/aromatic N) is 2. The molecule has 16 heavy (non-hydrogen) atoms. The highest BCUT2D eigenvalue weighted by atomic mass is 35.5. The van der Waals surface area contributed by atoms with Gasteiger partial charge in [-0.3, -0.25) is 20.2 Å². The topological polar surface area (TPSA) is 112 Å². The van der Waals surface area contributed by atoms with Crippen molar-refractivity contribution >= 4 is 23.8 Å². The number of rotatable bonds is 4. The molecule has 0 aliphatic heterocycles. The average Bonchev–Trinajstić information content (AvgIpc) is 2.18. The lowest BCUT2D eigenvalue weighted by atomic mass is 10.1. The van der Waals surface area contributed by atoms with Gasteiger partial charge in [0.2, 0.25) is 0 Å². The SMILES string of the molecule is Cl.NCCc1ccc([N+](=O)[O-])cc1[N+](=O)[O-]. The average molecular weight is 248 g/mol. The summed E-state index contributed by atoms with van der Waals surface area (Å²) in [6.45, 7) is 0.263. The molecule has 1 aromatic rings. The largest absolute Gasteiger partial charge is 0.330 e. The van der Waals surface area contributed by atoms with Crippen LogP contribution in [0.5, 0.6) is 0 Å². The van der Waals surface area contributed by atoms with Gasteiger partial charge in [0.15, 0.2) is 0 Å². The van der Waals surface area contributed by atoms with Crippen molar-refractivity contribution in [2.45, 2.75) is 6.42 Å². The van der Waals surface area contributed by atoms with Gasteiger partial charge < -0.3 is 5.73 Å². The third-order valence-corrected chi connectivity index (χ3v) is 1.89. The molecule has 2 N–H and O–H groups in total. The minimum Gasteiger partial charge on any atom is -0.330 e. The molecule has 0 unspecified atom stereocenters. The first-order valence-electron chi connectivity index (χ1n) is 4.18. The fourth-order valence-corrected chi connectivity index (χ4v) is 1.20. The predicted molar refractivity (Wildman–Crippen MR) is 59.8 cm³/mol. The second-order valence-corrected chi connectivity index (χ2v) is 2.87. The minimum absolute atomic E-state index is 0. The molecule has 0 aliphatic carbocycles. The van der Waals surface area contributed by atoms with Gasteiger partial charge in [-0.1, -0.05) is 0 Å². The number of nitro groups is 2. The fourth-order valence-electron chi connectivity index (χ4n) is 1.20. The molecule has 0 bridgehead atoms. The molecule has 0 atom stereocenters. The number of nitrogens with two attached hydrogens (primary N) is 1. The van der Waals surface area contributed by atoms with E-state index >= 15 is 0 Å². The van der Waals surface area contributed by atoms with Gasteiger partial charge in [-0.15, -0.1) is 12.4 Å². The number of hydrogen-bond donors (Lipinski definition) is 1. The molecular formula is C8H10ClN3O4. The molecule has 0 fully saturated rings. The molecule has 0 heterocycles. The van der Waals surface area contributed by atoms with E-state index in [-0.39, 0.29) is 30.3 Å². The van der Waals surface area contributed by atoms with E-state index in [0.717, 1.165) is 6.07 Å². The first-order valence-corrected chi connectivity index (χ1v) is 4.18. The molecule has 8 heteroatoms. The standard InChI is InChI=1S/C8H9N3O4.ClH/c9-4-3-6-1-2-7(10(12)13)5-8(6)11(14)15;/h1-2,5H,3-4,9H2;1H. The third-order valence-electron chi connectivity index (χ3n) is 1.89. The van der Waals surface area contributed by atoms with Gasteiger partial charge in [-0.2, -0.15) is 0 Å². The second-order valence-electron chi connectivity index (χ2n) is 2.87. The smallest absolute Gasteiger partial charge is 0.279 e. The molecule has 0 radical (unpaired) electrons. The van der Waals surface area contributed by atoms with Crippen LogP contribution in [0.1, 0.15) is 5.56 Å². The fraction of sp³-hybridized carbons (Fsp3) is 0.250. The van der Waals surface area contributed by atoms with E-state index in [0.29, 0.717) is 12.0 Å². The summed E-state index contributed by atoms with van der Waals surface area (Å²) in [5, 5.41) is 21.0. The van der Waals surface area contributed by atoms with Crippen LogP contribution in [0.3, 0.4) is 0 Å². The Hall–Kier alpha value is -1.73. The van der Waals surface area contributed by atoms with Crippen LogP contribution in [0, 0.1) is 20.2 Å². The minimum atomic E-state index is -0.667. The van der Waals surface area contributed by atoms with Crippen molar-refractivity contribution in [1.82, 2.24) is 0 Å². The molecule has 0 saturated heterocycles. The summed E-state index contributed by atoms with van der Waals surface area (Å²) in [4.78, 5) is 19.7. The van der Waals surface area contributed by atoms with Crippen molar-refractivity contribution in [3.8, 4) is 0 Å². The molecule has 0 aromatic heterocycles. The number of benzene rings is 1. The summed E-state index contributed by atoms with van der Waals surface area (Å²) in [5.74, 6) is 0. The Morgan fingerprint density at radius 2 is 1.81 bits per heavy atom. The lowest BCUT2D eigenvalue weighted by Gasteiger charge is -2.00. The molecule has 0 saturated carbocycles. The third kappa shape index (κ3) is 3.14. The van der Waals surface area contributed by atoms with Crippen LogP contribution in [0.15, 0.2) is 18.2 Å². The van der Waals surface area contributed by atoms with Crippen LogP contribution in [0.4, 0.5) is 11.4 Å². The van der Waals surface area contributed by atoms with Gasteiger partial charge >= 0.3 is 0 Å². The summed E-state index contributed by atoms with van der Waals surface area (Å²) >= 11 is 0. The summed E-state index contributed by atoms with van der Waals surface area (Å²) in [5.41, 5.74) is 5.14. The highest BCUT2D eigenvalue weighted by Crippen LogP contribution is 2.24. The lowest BCUT2D eigenvalue weighted by Crippen LogP contribution is -2.05. The molecule has 0 amide bonds. The number of non-ortho nitro benzene ring substituents is 1. The van der Waals surface area contributed by atoms with Crippen molar-refractivity contribution in [1.29, 1.82) is 0 Å². The summed E-state index contributed by atoms with van der Waals surface area (Å²) < 4.78 is 0. The quantitative estimate of drug-likeness (QED) is 0.639. The Bertz CT molecular complexity index is 410. The van der Waals surface area contributed by atoms with E-state index in [1.807, 2.05) is 0 Å². The Labute approximate surface area is 97.0 Å². The molecule has 1 aromatic carbocycles. The van der Waals surface area contributed by atoms with Gasteiger partial charge in [0.25, 0.3) is 11.4 Å². The number of halogens is 1. The highest BCUT2D eigenvalue weighted by Gasteiger charge is 2.18. The monoisotopic (exact) mass is 247 g/mol. The molecular weight excluding hydrogens is 238 g/mol. The van der Waals surface area contributed by atoms with Crippen LogP contribution in [-0.4, -0.2) is 16.4 Å². The van der Waals surface area contributed by atoms with Crippen LogP contribution < -0.4 is 5.73 Å². The van der Waals surface area contributed by atoms with Crippen LogP contribution >= 0.6 is 12.4 Å². The molecule has 1 rings (SSSR count). The Morgan fingerprint density at radius 1 is 1.19 bits per heavy atom. The maximum absolute atomic E-state index is 10.6. The van der Waals surface area contributed by atoms with Gasteiger partial charge in [0, 0.05) is 11.6 Å². The maximum Gasteiger partial charge on any atom is 0.279 e. The number of hydrogen-bond acceptors (Lipinski definition) is 5. The second kappa shape index (κ2) is 5.99. The Balaban J connectivity index is 0.00000225. The van der Waals surface area contributed by atoms with Crippen molar-refractivity contribution in [2.24, 2.45) is 5.73 Å². The zero-order valence-electron chi connectivity index (χ0n) is 8.16. The Morgan fingerprint density at radius 3 is 2.25 bits per heavy atom. The van der Waals surface area contributed by atoms with Crippen molar-refractivity contribution in [3.63, 3.8) is 0 Å². The number of nitro benzene ring substituents is 2. The van der Waals surface area contributed by atoms with Crippen molar-refractivity contribution in [3.05, 3.63) is 44.0 Å².